The van der Waals surface area contributed by atoms with Crippen molar-refractivity contribution in [2.45, 2.75) is 36.0 Å². The first-order valence-electron chi connectivity index (χ1n) is 7.96. The van der Waals surface area contributed by atoms with Crippen molar-refractivity contribution in [3.8, 4) is 0 Å². The Bertz CT molecular complexity index is 936. The van der Waals surface area contributed by atoms with Gasteiger partial charge in [-0.3, -0.25) is 0 Å². The average Bonchev–Trinajstić information content (AvgIpc) is 2.54. The summed E-state index contributed by atoms with van der Waals surface area (Å²) in [6.07, 6.45) is 1.71. The first-order valence-corrected chi connectivity index (χ1v) is 11.3. The third kappa shape index (κ3) is 5.14. The second kappa shape index (κ2) is 7.68. The summed E-state index contributed by atoms with van der Waals surface area (Å²) in [6, 6.07) is 14.0. The van der Waals surface area contributed by atoms with Crippen molar-refractivity contribution in [1.82, 2.24) is 4.72 Å². The zero-order valence-electron chi connectivity index (χ0n) is 14.6. The van der Waals surface area contributed by atoms with Gasteiger partial charge in [0.15, 0.2) is 9.84 Å². The van der Waals surface area contributed by atoms with E-state index in [9.17, 15) is 16.8 Å². The van der Waals surface area contributed by atoms with Crippen molar-refractivity contribution in [1.29, 1.82) is 0 Å². The molecule has 0 spiro atoms. The average molecular weight is 382 g/mol. The number of rotatable bonds is 7. The predicted molar refractivity (Wildman–Crippen MR) is 99.0 cm³/mol. The number of hydrogen-bond donors (Lipinski definition) is 1. The lowest BCUT2D eigenvalue weighted by Crippen LogP contribution is -2.26. The fraction of sp³-hybridized carbons (Fsp3) is 0.333. The zero-order chi connectivity index (χ0) is 18.7. The topological polar surface area (TPSA) is 80.3 Å². The van der Waals surface area contributed by atoms with Crippen LogP contribution in [-0.4, -0.2) is 29.6 Å². The largest absolute Gasteiger partial charge is 0.240 e. The van der Waals surface area contributed by atoms with Crippen molar-refractivity contribution in [3.63, 3.8) is 0 Å². The van der Waals surface area contributed by atoms with Gasteiger partial charge in [0.1, 0.15) is 0 Å². The molecular weight excluding hydrogens is 358 g/mol. The minimum Gasteiger partial charge on any atom is -0.224 e. The van der Waals surface area contributed by atoms with Crippen molar-refractivity contribution < 1.29 is 16.8 Å². The number of aryl methyl sites for hydroxylation is 1. The summed E-state index contributed by atoms with van der Waals surface area (Å²) in [4.78, 5) is -0.00100. The van der Waals surface area contributed by atoms with Crippen LogP contribution in [0.1, 0.15) is 30.4 Å². The molecule has 7 heteroatoms. The van der Waals surface area contributed by atoms with Gasteiger partial charge in [-0.25, -0.2) is 21.6 Å². The van der Waals surface area contributed by atoms with E-state index >= 15 is 0 Å². The highest BCUT2D eigenvalue weighted by molar-refractivity contribution is 7.91. The maximum Gasteiger partial charge on any atom is 0.240 e. The molecule has 0 heterocycles. The van der Waals surface area contributed by atoms with Crippen LogP contribution in [0.4, 0.5) is 0 Å². The lowest BCUT2D eigenvalue weighted by Gasteiger charge is -2.14. The molecule has 136 valence electrons. The third-order valence-corrected chi connectivity index (χ3v) is 6.83. The molecule has 2 aromatic rings. The lowest BCUT2D eigenvalue weighted by atomic mass is 9.98. The molecular formula is C18H23NO4S2. The van der Waals surface area contributed by atoms with E-state index in [-0.39, 0.29) is 22.3 Å². The van der Waals surface area contributed by atoms with Crippen molar-refractivity contribution in [2.24, 2.45) is 0 Å². The van der Waals surface area contributed by atoms with Crippen molar-refractivity contribution in [3.05, 3.63) is 59.7 Å². The van der Waals surface area contributed by atoms with E-state index in [0.29, 0.717) is 12.0 Å². The molecule has 0 aliphatic heterocycles. The molecule has 2 rings (SSSR count). The van der Waals surface area contributed by atoms with Crippen LogP contribution in [0, 0.1) is 6.92 Å². The molecule has 2 aromatic carbocycles. The number of hydrogen-bond acceptors (Lipinski definition) is 4. The van der Waals surface area contributed by atoms with E-state index in [4.69, 9.17) is 0 Å². The first-order chi connectivity index (χ1) is 11.6. The summed E-state index contributed by atoms with van der Waals surface area (Å²) in [7, 11) is -7.23. The maximum atomic E-state index is 12.5. The summed E-state index contributed by atoms with van der Waals surface area (Å²) in [5.41, 5.74) is 1.66. The van der Waals surface area contributed by atoms with Gasteiger partial charge >= 0.3 is 0 Å². The Morgan fingerprint density at radius 1 is 1.00 bits per heavy atom. The van der Waals surface area contributed by atoms with Gasteiger partial charge in [-0.05, 0) is 42.5 Å². The van der Waals surface area contributed by atoms with Crippen molar-refractivity contribution >= 4 is 19.9 Å². The van der Waals surface area contributed by atoms with Crippen LogP contribution in [0.2, 0.25) is 0 Å². The molecule has 0 aliphatic carbocycles. The Morgan fingerprint density at radius 3 is 2.24 bits per heavy atom. The quantitative estimate of drug-likeness (QED) is 0.800. The minimum absolute atomic E-state index is 0.00258. The van der Waals surface area contributed by atoms with Crippen LogP contribution in [0.5, 0.6) is 0 Å². The number of sulfone groups is 1. The summed E-state index contributed by atoms with van der Waals surface area (Å²) < 4.78 is 51.0. The standard InChI is InChI=1S/C18H23NO4S2/c1-14(16-7-5-4-6-8-16)11-12-19-25(22,23)18-13-17(24(3,20)21)10-9-15(18)2/h4-10,13-14,19H,11-12H2,1-3H3. The molecule has 0 bridgehead atoms. The Labute approximate surface area is 150 Å². The fourth-order valence-corrected chi connectivity index (χ4v) is 4.57. The van der Waals surface area contributed by atoms with E-state index in [1.807, 2.05) is 37.3 Å². The second-order valence-corrected chi connectivity index (χ2v) is 9.95. The van der Waals surface area contributed by atoms with Crippen LogP contribution < -0.4 is 4.72 Å². The van der Waals surface area contributed by atoms with Gasteiger partial charge in [-0.2, -0.15) is 0 Å². The highest BCUT2D eigenvalue weighted by atomic mass is 32.2. The Kier molecular flexibility index (Phi) is 6.03. The highest BCUT2D eigenvalue weighted by Gasteiger charge is 2.20. The molecule has 0 saturated heterocycles. The number of nitrogens with one attached hydrogen (secondary N) is 1. The predicted octanol–water partition coefficient (Wildman–Crippen LogP) is 2.87. The molecule has 0 amide bonds. The molecule has 0 aromatic heterocycles. The molecule has 0 saturated carbocycles. The third-order valence-electron chi connectivity index (χ3n) is 4.12. The van der Waals surface area contributed by atoms with E-state index in [2.05, 4.69) is 4.72 Å². The Balaban J connectivity index is 2.12. The smallest absolute Gasteiger partial charge is 0.224 e. The fourth-order valence-electron chi connectivity index (χ4n) is 2.54. The van der Waals surface area contributed by atoms with Crippen LogP contribution in [0.3, 0.4) is 0 Å². The van der Waals surface area contributed by atoms with Crippen LogP contribution in [0.15, 0.2) is 58.3 Å². The van der Waals surface area contributed by atoms with Gasteiger partial charge in [-0.1, -0.05) is 43.3 Å². The maximum absolute atomic E-state index is 12.5. The molecule has 1 atom stereocenters. The Morgan fingerprint density at radius 2 is 1.64 bits per heavy atom. The SMILES string of the molecule is Cc1ccc(S(C)(=O)=O)cc1S(=O)(=O)NCCC(C)c1ccccc1. The first kappa shape index (κ1) is 19.6. The lowest BCUT2D eigenvalue weighted by molar-refractivity contribution is 0.571. The molecule has 0 radical (unpaired) electrons. The van der Waals surface area contributed by atoms with Crippen LogP contribution in [-0.2, 0) is 19.9 Å². The molecule has 1 N–H and O–H groups in total. The molecule has 0 fully saturated rings. The second-order valence-electron chi connectivity index (χ2n) is 6.20. The van der Waals surface area contributed by atoms with Gasteiger partial charge in [0, 0.05) is 12.8 Å². The molecule has 25 heavy (non-hydrogen) atoms. The van der Waals surface area contributed by atoms with E-state index in [1.54, 1.807) is 6.92 Å². The van der Waals surface area contributed by atoms with Gasteiger partial charge < -0.3 is 0 Å². The Hall–Kier alpha value is -1.70. The monoisotopic (exact) mass is 381 g/mol. The normalized spacial score (nSPS) is 13.6. The number of sulfonamides is 1. The van der Waals surface area contributed by atoms with E-state index < -0.39 is 19.9 Å². The molecule has 0 aliphatic rings. The zero-order valence-corrected chi connectivity index (χ0v) is 16.2. The van der Waals surface area contributed by atoms with E-state index in [1.165, 1.54) is 18.2 Å². The summed E-state index contributed by atoms with van der Waals surface area (Å²) in [6.45, 7) is 3.97. The van der Waals surface area contributed by atoms with Gasteiger partial charge in [0.2, 0.25) is 10.0 Å². The van der Waals surface area contributed by atoms with E-state index in [0.717, 1.165) is 11.8 Å². The van der Waals surface area contributed by atoms with Gasteiger partial charge in [0.05, 0.1) is 9.79 Å². The summed E-state index contributed by atoms with van der Waals surface area (Å²) in [5, 5.41) is 0. The van der Waals surface area contributed by atoms with Crippen LogP contribution in [0.25, 0.3) is 0 Å². The molecule has 5 nitrogen and oxygen atoms in total. The van der Waals surface area contributed by atoms with Crippen LogP contribution >= 0.6 is 0 Å². The van der Waals surface area contributed by atoms with Gasteiger partial charge in [-0.15, -0.1) is 0 Å². The number of benzene rings is 2. The molecule has 1 unspecified atom stereocenters. The summed E-state index contributed by atoms with van der Waals surface area (Å²) in [5.74, 6) is 0.215. The highest BCUT2D eigenvalue weighted by Crippen LogP contribution is 2.21. The summed E-state index contributed by atoms with van der Waals surface area (Å²) >= 11 is 0. The van der Waals surface area contributed by atoms with Gasteiger partial charge in [0.25, 0.3) is 0 Å². The minimum atomic E-state index is -3.77. The van der Waals surface area contributed by atoms with Crippen molar-refractivity contribution in [2.75, 3.05) is 12.8 Å².